The van der Waals surface area contributed by atoms with Crippen molar-refractivity contribution in [3.8, 4) is 5.75 Å². The molecule has 1 aromatic heterocycles. The molecule has 1 saturated heterocycles. The van der Waals surface area contributed by atoms with Crippen molar-refractivity contribution in [2.75, 3.05) is 13.7 Å². The van der Waals surface area contributed by atoms with Gasteiger partial charge in [-0.3, -0.25) is 4.79 Å². The van der Waals surface area contributed by atoms with Gasteiger partial charge in [-0.25, -0.2) is 14.4 Å². The van der Waals surface area contributed by atoms with Crippen LogP contribution in [0.25, 0.3) is 0 Å². The molecule has 0 N–H and O–H groups in total. The number of likely N-dealkylation sites (tertiary alicyclic amines) is 1. The highest BCUT2D eigenvalue weighted by molar-refractivity contribution is 5.97. The maximum atomic E-state index is 13.5. The lowest BCUT2D eigenvalue weighted by atomic mass is 10.1. The largest absolute Gasteiger partial charge is 0.496 e. The first-order chi connectivity index (χ1) is 10.7. The molecule has 0 saturated carbocycles. The van der Waals surface area contributed by atoms with E-state index in [1.807, 2.05) is 0 Å². The third kappa shape index (κ3) is 2.64. The predicted octanol–water partition coefficient (Wildman–Crippen LogP) is 2.60. The van der Waals surface area contributed by atoms with Crippen LogP contribution in [0.15, 0.2) is 36.8 Å². The minimum atomic E-state index is -0.457. The second-order valence-electron chi connectivity index (χ2n) is 5.14. The second kappa shape index (κ2) is 6.09. The lowest BCUT2D eigenvalue weighted by molar-refractivity contribution is 0.0729. The number of carbonyl (C=O) groups excluding carboxylic acids is 1. The molecule has 0 spiro atoms. The van der Waals surface area contributed by atoms with Gasteiger partial charge in [0.2, 0.25) is 0 Å². The average molecular weight is 301 g/mol. The van der Waals surface area contributed by atoms with Crippen molar-refractivity contribution in [2.45, 2.75) is 18.9 Å². The number of benzene rings is 1. The summed E-state index contributed by atoms with van der Waals surface area (Å²) in [5, 5.41) is 0. The molecule has 3 rings (SSSR count). The molecule has 114 valence electrons. The van der Waals surface area contributed by atoms with Gasteiger partial charge < -0.3 is 9.64 Å². The summed E-state index contributed by atoms with van der Waals surface area (Å²) in [6.07, 6.45) is 4.85. The number of methoxy groups -OCH3 is 1. The minimum absolute atomic E-state index is 0.108. The van der Waals surface area contributed by atoms with Gasteiger partial charge in [0, 0.05) is 12.7 Å². The highest BCUT2D eigenvalue weighted by Gasteiger charge is 2.32. The highest BCUT2D eigenvalue weighted by atomic mass is 19.1. The lowest BCUT2D eigenvalue weighted by Gasteiger charge is -2.25. The molecule has 22 heavy (non-hydrogen) atoms. The number of carbonyl (C=O) groups is 1. The normalized spacial score (nSPS) is 17.5. The summed E-state index contributed by atoms with van der Waals surface area (Å²) in [5.74, 6) is -0.320. The Morgan fingerprint density at radius 2 is 2.27 bits per heavy atom. The molecule has 0 aliphatic carbocycles. The summed E-state index contributed by atoms with van der Waals surface area (Å²) < 4.78 is 18.7. The van der Waals surface area contributed by atoms with Crippen molar-refractivity contribution in [1.82, 2.24) is 14.9 Å². The van der Waals surface area contributed by atoms with Crippen molar-refractivity contribution in [3.63, 3.8) is 0 Å². The Kier molecular flexibility index (Phi) is 4.00. The molecule has 0 radical (unpaired) electrons. The number of ether oxygens (including phenoxy) is 1. The van der Waals surface area contributed by atoms with Crippen LogP contribution in [0, 0.1) is 5.82 Å². The van der Waals surface area contributed by atoms with Gasteiger partial charge in [0.25, 0.3) is 5.91 Å². The minimum Gasteiger partial charge on any atom is -0.496 e. The van der Waals surface area contributed by atoms with E-state index in [-0.39, 0.29) is 17.5 Å². The van der Waals surface area contributed by atoms with Crippen molar-refractivity contribution in [2.24, 2.45) is 0 Å². The maximum absolute atomic E-state index is 13.5. The number of hydrogen-bond acceptors (Lipinski definition) is 4. The molecule has 1 aliphatic heterocycles. The van der Waals surface area contributed by atoms with Crippen molar-refractivity contribution < 1.29 is 13.9 Å². The predicted molar refractivity (Wildman–Crippen MR) is 78.0 cm³/mol. The summed E-state index contributed by atoms with van der Waals surface area (Å²) in [6.45, 7) is 0.618. The third-order valence-electron chi connectivity index (χ3n) is 3.85. The molecule has 2 heterocycles. The molecule has 1 aromatic carbocycles. The maximum Gasteiger partial charge on any atom is 0.258 e. The lowest BCUT2D eigenvalue weighted by Crippen LogP contribution is -2.31. The van der Waals surface area contributed by atoms with E-state index in [9.17, 15) is 9.18 Å². The Morgan fingerprint density at radius 3 is 3.00 bits per heavy atom. The van der Waals surface area contributed by atoms with E-state index in [0.29, 0.717) is 12.3 Å². The number of halogens is 1. The molecule has 1 fully saturated rings. The first-order valence-corrected chi connectivity index (χ1v) is 7.11. The van der Waals surface area contributed by atoms with Crippen molar-refractivity contribution in [3.05, 3.63) is 53.9 Å². The fraction of sp³-hybridized carbons (Fsp3) is 0.312. The van der Waals surface area contributed by atoms with E-state index < -0.39 is 5.82 Å². The summed E-state index contributed by atoms with van der Waals surface area (Å²) in [6, 6.07) is 5.67. The van der Waals surface area contributed by atoms with E-state index in [0.717, 1.165) is 18.5 Å². The molecule has 1 amide bonds. The standard InChI is InChI=1S/C16H16FN3O2/c1-22-15-5-4-11(17)9-12(15)16(21)20-8-2-3-14(20)13-6-7-18-10-19-13/h4-7,9-10,14H,2-3,8H2,1H3/t14-/m0/s1. The summed E-state index contributed by atoms with van der Waals surface area (Å²) in [4.78, 5) is 22.7. The molecule has 5 nitrogen and oxygen atoms in total. The second-order valence-corrected chi connectivity index (χ2v) is 5.14. The summed E-state index contributed by atoms with van der Waals surface area (Å²) >= 11 is 0. The quantitative estimate of drug-likeness (QED) is 0.874. The van der Waals surface area contributed by atoms with Gasteiger partial charge in [-0.05, 0) is 37.1 Å². The number of aromatic nitrogens is 2. The van der Waals surface area contributed by atoms with Crippen molar-refractivity contribution >= 4 is 5.91 Å². The van der Waals surface area contributed by atoms with Crippen LogP contribution < -0.4 is 4.74 Å². The van der Waals surface area contributed by atoms with Gasteiger partial charge in [0.15, 0.2) is 0 Å². The highest BCUT2D eigenvalue weighted by Crippen LogP contribution is 2.33. The van der Waals surface area contributed by atoms with Crippen LogP contribution in [-0.2, 0) is 0 Å². The van der Waals surface area contributed by atoms with Gasteiger partial charge in [0.1, 0.15) is 17.9 Å². The fourth-order valence-corrected chi connectivity index (χ4v) is 2.82. The average Bonchev–Trinajstić information content (AvgIpc) is 3.04. The van der Waals surface area contributed by atoms with Crippen molar-refractivity contribution in [1.29, 1.82) is 0 Å². The van der Waals surface area contributed by atoms with Crippen LogP contribution in [-0.4, -0.2) is 34.4 Å². The Hall–Kier alpha value is -2.50. The SMILES string of the molecule is COc1ccc(F)cc1C(=O)N1CCC[C@H]1c1ccncn1. The van der Waals surface area contributed by atoms with Crippen LogP contribution in [0.2, 0.25) is 0 Å². The van der Waals surface area contributed by atoms with Gasteiger partial charge in [-0.1, -0.05) is 0 Å². The van der Waals surface area contributed by atoms with Gasteiger partial charge >= 0.3 is 0 Å². The topological polar surface area (TPSA) is 55.3 Å². The van der Waals surface area contributed by atoms with E-state index >= 15 is 0 Å². The first-order valence-electron chi connectivity index (χ1n) is 7.11. The molecule has 2 aromatic rings. The summed E-state index contributed by atoms with van der Waals surface area (Å²) in [5.41, 5.74) is 1.04. The molecule has 1 atom stereocenters. The van der Waals surface area contributed by atoms with E-state index in [2.05, 4.69) is 9.97 Å². The van der Waals surface area contributed by atoms with Crippen LogP contribution in [0.3, 0.4) is 0 Å². The molecule has 0 unspecified atom stereocenters. The number of amides is 1. The van der Waals surface area contributed by atoms with Crippen LogP contribution in [0.5, 0.6) is 5.75 Å². The van der Waals surface area contributed by atoms with Crippen LogP contribution in [0.1, 0.15) is 34.9 Å². The zero-order chi connectivity index (χ0) is 15.5. The zero-order valence-corrected chi connectivity index (χ0v) is 12.2. The molecule has 0 bridgehead atoms. The third-order valence-corrected chi connectivity index (χ3v) is 3.85. The smallest absolute Gasteiger partial charge is 0.258 e. The first kappa shape index (κ1) is 14.4. The Bertz CT molecular complexity index is 678. The van der Waals surface area contributed by atoms with Gasteiger partial charge in [-0.15, -0.1) is 0 Å². The Balaban J connectivity index is 1.93. The Morgan fingerprint density at radius 1 is 1.41 bits per heavy atom. The van der Waals surface area contributed by atoms with Crippen LogP contribution in [0.4, 0.5) is 4.39 Å². The molecule has 1 aliphatic rings. The number of rotatable bonds is 3. The molecule has 6 heteroatoms. The summed E-state index contributed by atoms with van der Waals surface area (Å²) in [7, 11) is 1.47. The van der Waals surface area contributed by atoms with E-state index in [1.54, 1.807) is 17.2 Å². The number of hydrogen-bond donors (Lipinski definition) is 0. The molecular formula is C16H16FN3O2. The van der Waals surface area contributed by atoms with E-state index in [1.165, 1.54) is 31.6 Å². The number of nitrogens with zero attached hydrogens (tertiary/aromatic N) is 3. The van der Waals surface area contributed by atoms with Gasteiger partial charge in [-0.2, -0.15) is 0 Å². The fourth-order valence-electron chi connectivity index (χ4n) is 2.82. The Labute approximate surface area is 127 Å². The monoisotopic (exact) mass is 301 g/mol. The van der Waals surface area contributed by atoms with Gasteiger partial charge in [0.05, 0.1) is 24.4 Å². The molecular weight excluding hydrogens is 285 g/mol. The van der Waals surface area contributed by atoms with E-state index in [4.69, 9.17) is 4.74 Å². The zero-order valence-electron chi connectivity index (χ0n) is 12.2. The van der Waals surface area contributed by atoms with Crippen LogP contribution >= 0.6 is 0 Å².